The molecule has 0 amide bonds. The summed E-state index contributed by atoms with van der Waals surface area (Å²) in [4.78, 5) is 2.43. The zero-order chi connectivity index (χ0) is 13.7. The molecule has 0 aliphatic carbocycles. The van der Waals surface area contributed by atoms with Crippen molar-refractivity contribution in [3.05, 3.63) is 29.8 Å². The summed E-state index contributed by atoms with van der Waals surface area (Å²) in [5.41, 5.74) is 1.33. The summed E-state index contributed by atoms with van der Waals surface area (Å²) in [6, 6.07) is 9.42. The molecule has 3 nitrogen and oxygen atoms in total. The summed E-state index contributed by atoms with van der Waals surface area (Å²) < 4.78 is 5.20. The first-order chi connectivity index (χ1) is 9.19. The maximum atomic E-state index is 5.20. The number of likely N-dealkylation sites (tertiary alicyclic amines) is 1. The van der Waals surface area contributed by atoms with Gasteiger partial charge in [-0.1, -0.05) is 12.1 Å². The van der Waals surface area contributed by atoms with Crippen LogP contribution in [0.3, 0.4) is 0 Å². The van der Waals surface area contributed by atoms with Crippen LogP contribution < -0.4 is 10.1 Å². The van der Waals surface area contributed by atoms with E-state index in [9.17, 15) is 0 Å². The van der Waals surface area contributed by atoms with Gasteiger partial charge in [0.15, 0.2) is 0 Å². The molecule has 1 aromatic rings. The van der Waals surface area contributed by atoms with Crippen molar-refractivity contribution in [2.75, 3.05) is 27.2 Å². The lowest BCUT2D eigenvalue weighted by molar-refractivity contribution is 0.340. The first kappa shape index (κ1) is 14.4. The number of hydrogen-bond acceptors (Lipinski definition) is 3. The Labute approximate surface area is 116 Å². The number of methoxy groups -OCH3 is 1. The maximum absolute atomic E-state index is 5.20. The second-order valence-electron chi connectivity index (χ2n) is 5.59. The molecule has 1 N–H and O–H groups in total. The van der Waals surface area contributed by atoms with Crippen molar-refractivity contribution in [3.63, 3.8) is 0 Å². The number of rotatable bonds is 4. The van der Waals surface area contributed by atoms with E-state index in [4.69, 9.17) is 4.74 Å². The van der Waals surface area contributed by atoms with Crippen LogP contribution in [0.1, 0.15) is 37.8 Å². The standard InChI is InChI=1S/C16H26N2O/c1-13(14-6-8-16(19-3)9-7-14)17-15-5-4-11-18(2)12-10-15/h6-9,13,15,17H,4-5,10-12H2,1-3H3/t13-,15?/m0/s1. The van der Waals surface area contributed by atoms with E-state index in [0.717, 1.165) is 5.75 Å². The fraction of sp³-hybridized carbons (Fsp3) is 0.625. The van der Waals surface area contributed by atoms with Gasteiger partial charge in [-0.15, -0.1) is 0 Å². The highest BCUT2D eigenvalue weighted by molar-refractivity contribution is 5.28. The second kappa shape index (κ2) is 6.92. The van der Waals surface area contributed by atoms with E-state index in [1.54, 1.807) is 7.11 Å². The Bertz CT molecular complexity index is 377. The maximum Gasteiger partial charge on any atom is 0.118 e. The average molecular weight is 262 g/mol. The zero-order valence-corrected chi connectivity index (χ0v) is 12.4. The molecule has 106 valence electrons. The van der Waals surface area contributed by atoms with Crippen LogP contribution in [0.5, 0.6) is 5.75 Å². The topological polar surface area (TPSA) is 24.5 Å². The largest absolute Gasteiger partial charge is 0.497 e. The van der Waals surface area contributed by atoms with E-state index in [1.165, 1.54) is 37.9 Å². The van der Waals surface area contributed by atoms with Gasteiger partial charge in [0.1, 0.15) is 5.75 Å². The average Bonchev–Trinajstić information content (AvgIpc) is 2.64. The quantitative estimate of drug-likeness (QED) is 0.903. The minimum atomic E-state index is 0.402. The molecule has 2 rings (SSSR count). The van der Waals surface area contributed by atoms with Crippen molar-refractivity contribution in [2.45, 2.75) is 38.3 Å². The molecule has 1 aromatic carbocycles. The molecule has 1 aliphatic rings. The summed E-state index contributed by atoms with van der Waals surface area (Å²) in [6.07, 6.45) is 3.82. The molecule has 0 aromatic heterocycles. The molecule has 1 fully saturated rings. The Balaban J connectivity index is 1.90. The van der Waals surface area contributed by atoms with Gasteiger partial charge >= 0.3 is 0 Å². The van der Waals surface area contributed by atoms with Gasteiger partial charge < -0.3 is 15.0 Å². The molecule has 1 unspecified atom stereocenters. The van der Waals surface area contributed by atoms with Gasteiger partial charge in [0.05, 0.1) is 7.11 Å². The highest BCUT2D eigenvalue weighted by Gasteiger charge is 2.17. The van der Waals surface area contributed by atoms with Gasteiger partial charge in [-0.2, -0.15) is 0 Å². The van der Waals surface area contributed by atoms with Crippen molar-refractivity contribution in [1.82, 2.24) is 10.2 Å². The zero-order valence-electron chi connectivity index (χ0n) is 12.4. The second-order valence-corrected chi connectivity index (χ2v) is 5.59. The first-order valence-electron chi connectivity index (χ1n) is 7.27. The summed E-state index contributed by atoms with van der Waals surface area (Å²) in [5.74, 6) is 0.923. The van der Waals surface area contributed by atoms with Crippen LogP contribution in [0.25, 0.3) is 0 Å². The number of benzene rings is 1. The Kier molecular flexibility index (Phi) is 5.23. The molecule has 1 saturated heterocycles. The van der Waals surface area contributed by atoms with Crippen molar-refractivity contribution < 1.29 is 4.74 Å². The molecule has 1 heterocycles. The third-order valence-corrected chi connectivity index (χ3v) is 4.05. The van der Waals surface area contributed by atoms with E-state index in [-0.39, 0.29) is 0 Å². The molecule has 2 atom stereocenters. The van der Waals surface area contributed by atoms with Crippen LogP contribution >= 0.6 is 0 Å². The van der Waals surface area contributed by atoms with Gasteiger partial charge in [0, 0.05) is 12.1 Å². The Morgan fingerprint density at radius 1 is 1.21 bits per heavy atom. The lowest BCUT2D eigenvalue weighted by atomic mass is 10.0. The van der Waals surface area contributed by atoms with Crippen molar-refractivity contribution in [2.24, 2.45) is 0 Å². The van der Waals surface area contributed by atoms with E-state index >= 15 is 0 Å². The summed E-state index contributed by atoms with van der Waals surface area (Å²) in [6.45, 7) is 4.68. The SMILES string of the molecule is COc1ccc([C@H](C)NC2CCCN(C)CC2)cc1. The molecule has 3 heteroatoms. The molecule has 0 radical (unpaired) electrons. The Morgan fingerprint density at radius 2 is 1.95 bits per heavy atom. The molecular formula is C16H26N2O. The van der Waals surface area contributed by atoms with Crippen LogP contribution in [0.2, 0.25) is 0 Å². The van der Waals surface area contributed by atoms with E-state index < -0.39 is 0 Å². The molecule has 19 heavy (non-hydrogen) atoms. The summed E-state index contributed by atoms with van der Waals surface area (Å²) >= 11 is 0. The van der Waals surface area contributed by atoms with Crippen molar-refractivity contribution >= 4 is 0 Å². The number of hydrogen-bond donors (Lipinski definition) is 1. The predicted molar refractivity (Wildman–Crippen MR) is 79.7 cm³/mol. The van der Waals surface area contributed by atoms with Crippen LogP contribution in [0.15, 0.2) is 24.3 Å². The van der Waals surface area contributed by atoms with Gasteiger partial charge in [-0.3, -0.25) is 0 Å². The lowest BCUT2D eigenvalue weighted by Crippen LogP contribution is -2.32. The fourth-order valence-corrected chi connectivity index (χ4v) is 2.75. The van der Waals surface area contributed by atoms with Crippen LogP contribution in [0.4, 0.5) is 0 Å². The minimum Gasteiger partial charge on any atom is -0.497 e. The molecule has 0 saturated carbocycles. The first-order valence-corrected chi connectivity index (χ1v) is 7.27. The van der Waals surface area contributed by atoms with Gasteiger partial charge in [-0.25, -0.2) is 0 Å². The van der Waals surface area contributed by atoms with E-state index in [0.29, 0.717) is 12.1 Å². The number of nitrogens with zero attached hydrogens (tertiary/aromatic N) is 1. The smallest absolute Gasteiger partial charge is 0.118 e. The molecule has 0 spiro atoms. The molecule has 0 bridgehead atoms. The highest BCUT2D eigenvalue weighted by atomic mass is 16.5. The number of nitrogens with one attached hydrogen (secondary N) is 1. The van der Waals surface area contributed by atoms with Crippen LogP contribution in [-0.2, 0) is 0 Å². The van der Waals surface area contributed by atoms with E-state index in [1.807, 2.05) is 12.1 Å². The lowest BCUT2D eigenvalue weighted by Gasteiger charge is -2.22. The third-order valence-electron chi connectivity index (χ3n) is 4.05. The summed E-state index contributed by atoms with van der Waals surface area (Å²) in [7, 11) is 3.92. The van der Waals surface area contributed by atoms with Gasteiger partial charge in [0.25, 0.3) is 0 Å². The normalized spacial score (nSPS) is 22.8. The monoisotopic (exact) mass is 262 g/mol. The predicted octanol–water partition coefficient (Wildman–Crippen LogP) is 2.83. The van der Waals surface area contributed by atoms with E-state index in [2.05, 4.69) is 36.3 Å². The minimum absolute atomic E-state index is 0.402. The summed E-state index contributed by atoms with van der Waals surface area (Å²) in [5, 5.41) is 3.77. The van der Waals surface area contributed by atoms with Gasteiger partial charge in [0.2, 0.25) is 0 Å². The molecule has 1 aliphatic heterocycles. The van der Waals surface area contributed by atoms with Crippen molar-refractivity contribution in [1.29, 1.82) is 0 Å². The highest BCUT2D eigenvalue weighted by Crippen LogP contribution is 2.19. The fourth-order valence-electron chi connectivity index (χ4n) is 2.75. The van der Waals surface area contributed by atoms with Gasteiger partial charge in [-0.05, 0) is 64.0 Å². The number of ether oxygens (including phenoxy) is 1. The van der Waals surface area contributed by atoms with Crippen LogP contribution in [-0.4, -0.2) is 38.2 Å². The molecular weight excluding hydrogens is 236 g/mol. The third kappa shape index (κ3) is 4.22. The Hall–Kier alpha value is -1.06. The van der Waals surface area contributed by atoms with Crippen LogP contribution in [0, 0.1) is 0 Å². The Morgan fingerprint density at radius 3 is 2.63 bits per heavy atom. The van der Waals surface area contributed by atoms with Crippen molar-refractivity contribution in [3.8, 4) is 5.75 Å².